The van der Waals surface area contributed by atoms with E-state index in [0.29, 0.717) is 13.1 Å². The highest BCUT2D eigenvalue weighted by molar-refractivity contribution is 9.10. The van der Waals surface area contributed by atoms with Crippen molar-refractivity contribution >= 4 is 21.6 Å². The van der Waals surface area contributed by atoms with Crippen LogP contribution >= 0.6 is 15.9 Å². The number of rotatable bonds is 5. The number of nitrogens with zero attached hydrogens (tertiary/aromatic N) is 1. The maximum atomic E-state index is 13.1. The van der Waals surface area contributed by atoms with Gasteiger partial charge in [-0.3, -0.25) is 0 Å². The van der Waals surface area contributed by atoms with Gasteiger partial charge in [-0.1, -0.05) is 40.2 Å². The SMILES string of the molecule is CC(O)CN(Cc1ccc(F)cc1Br)c1ccccc1. The van der Waals surface area contributed by atoms with Crippen molar-refractivity contribution in [1.82, 2.24) is 0 Å². The number of anilines is 1. The van der Waals surface area contributed by atoms with Crippen LogP contribution < -0.4 is 4.90 Å². The molecule has 0 saturated carbocycles. The molecule has 2 aromatic rings. The molecule has 0 spiro atoms. The minimum atomic E-state index is -0.436. The van der Waals surface area contributed by atoms with Crippen LogP contribution in [0.1, 0.15) is 12.5 Å². The van der Waals surface area contributed by atoms with Crippen LogP contribution in [0.4, 0.5) is 10.1 Å². The second kappa shape index (κ2) is 6.86. The van der Waals surface area contributed by atoms with Gasteiger partial charge < -0.3 is 10.0 Å². The Labute approximate surface area is 127 Å². The summed E-state index contributed by atoms with van der Waals surface area (Å²) < 4.78 is 13.9. The molecule has 1 unspecified atom stereocenters. The lowest BCUT2D eigenvalue weighted by Crippen LogP contribution is -2.30. The van der Waals surface area contributed by atoms with E-state index < -0.39 is 6.10 Å². The zero-order valence-electron chi connectivity index (χ0n) is 11.3. The smallest absolute Gasteiger partial charge is 0.124 e. The summed E-state index contributed by atoms with van der Waals surface area (Å²) in [5, 5.41) is 9.66. The molecule has 106 valence electrons. The number of aliphatic hydroxyl groups excluding tert-OH is 1. The Morgan fingerprint density at radius 3 is 2.50 bits per heavy atom. The highest BCUT2D eigenvalue weighted by Crippen LogP contribution is 2.23. The van der Waals surface area contributed by atoms with Crippen molar-refractivity contribution in [1.29, 1.82) is 0 Å². The average molecular weight is 338 g/mol. The minimum Gasteiger partial charge on any atom is -0.392 e. The Kier molecular flexibility index (Phi) is 5.15. The van der Waals surface area contributed by atoms with Gasteiger partial charge in [0.1, 0.15) is 5.82 Å². The lowest BCUT2D eigenvalue weighted by atomic mass is 10.1. The van der Waals surface area contributed by atoms with Crippen LogP contribution in [0.15, 0.2) is 53.0 Å². The highest BCUT2D eigenvalue weighted by Gasteiger charge is 2.12. The van der Waals surface area contributed by atoms with Gasteiger partial charge in [0, 0.05) is 23.2 Å². The molecular weight excluding hydrogens is 321 g/mol. The van der Waals surface area contributed by atoms with Gasteiger partial charge in [-0.05, 0) is 36.8 Å². The molecule has 0 bridgehead atoms. The van der Waals surface area contributed by atoms with E-state index in [2.05, 4.69) is 20.8 Å². The lowest BCUT2D eigenvalue weighted by molar-refractivity contribution is 0.199. The van der Waals surface area contributed by atoms with E-state index in [9.17, 15) is 9.50 Å². The molecule has 2 rings (SSSR count). The number of benzene rings is 2. The molecule has 0 aromatic heterocycles. The maximum absolute atomic E-state index is 13.1. The summed E-state index contributed by atoms with van der Waals surface area (Å²) in [5.74, 6) is -0.262. The number of para-hydroxylation sites is 1. The van der Waals surface area contributed by atoms with Crippen molar-refractivity contribution in [3.63, 3.8) is 0 Å². The molecule has 1 atom stereocenters. The molecule has 2 aromatic carbocycles. The summed E-state index contributed by atoms with van der Waals surface area (Å²) >= 11 is 3.39. The summed E-state index contributed by atoms with van der Waals surface area (Å²) in [6.07, 6.45) is -0.436. The maximum Gasteiger partial charge on any atom is 0.124 e. The van der Waals surface area contributed by atoms with E-state index in [1.54, 1.807) is 13.0 Å². The summed E-state index contributed by atoms with van der Waals surface area (Å²) in [6.45, 7) is 2.89. The van der Waals surface area contributed by atoms with Gasteiger partial charge in [0.05, 0.1) is 6.10 Å². The summed E-state index contributed by atoms with van der Waals surface area (Å²) in [6, 6.07) is 14.6. The predicted molar refractivity (Wildman–Crippen MR) is 83.3 cm³/mol. The van der Waals surface area contributed by atoms with Crippen LogP contribution in [-0.2, 0) is 6.54 Å². The fraction of sp³-hybridized carbons (Fsp3) is 0.250. The lowest BCUT2D eigenvalue weighted by Gasteiger charge is -2.26. The molecule has 0 radical (unpaired) electrons. The topological polar surface area (TPSA) is 23.5 Å². The van der Waals surface area contributed by atoms with Gasteiger partial charge in [0.2, 0.25) is 0 Å². The van der Waals surface area contributed by atoms with Gasteiger partial charge in [-0.25, -0.2) is 4.39 Å². The van der Waals surface area contributed by atoms with Crippen LogP contribution in [0, 0.1) is 5.82 Å². The second-order valence-electron chi connectivity index (χ2n) is 4.80. The molecule has 2 nitrogen and oxygen atoms in total. The molecule has 0 heterocycles. The Morgan fingerprint density at radius 1 is 1.20 bits per heavy atom. The second-order valence-corrected chi connectivity index (χ2v) is 5.66. The number of aliphatic hydroxyl groups is 1. The molecule has 0 aliphatic carbocycles. The Hall–Kier alpha value is -1.39. The van der Waals surface area contributed by atoms with E-state index in [-0.39, 0.29) is 5.82 Å². The first kappa shape index (κ1) is 15.0. The highest BCUT2D eigenvalue weighted by atomic mass is 79.9. The molecule has 0 aliphatic heterocycles. The predicted octanol–water partition coefficient (Wildman–Crippen LogP) is 3.98. The first-order valence-corrected chi connectivity index (χ1v) is 7.27. The number of halogens is 2. The fourth-order valence-electron chi connectivity index (χ4n) is 2.07. The van der Waals surface area contributed by atoms with Crippen LogP contribution in [0.2, 0.25) is 0 Å². The molecule has 4 heteroatoms. The van der Waals surface area contributed by atoms with E-state index >= 15 is 0 Å². The van der Waals surface area contributed by atoms with Crippen molar-refractivity contribution in [3.05, 3.63) is 64.4 Å². The first-order valence-electron chi connectivity index (χ1n) is 6.48. The van der Waals surface area contributed by atoms with Gasteiger partial charge in [0.25, 0.3) is 0 Å². The molecule has 0 aliphatic rings. The molecule has 1 N–H and O–H groups in total. The fourth-order valence-corrected chi connectivity index (χ4v) is 2.55. The van der Waals surface area contributed by atoms with E-state index in [0.717, 1.165) is 15.7 Å². The largest absolute Gasteiger partial charge is 0.392 e. The van der Waals surface area contributed by atoms with Gasteiger partial charge >= 0.3 is 0 Å². The van der Waals surface area contributed by atoms with Gasteiger partial charge in [0.15, 0.2) is 0 Å². The number of hydrogen-bond donors (Lipinski definition) is 1. The first-order chi connectivity index (χ1) is 9.56. The summed E-state index contributed by atoms with van der Waals surface area (Å²) in [4.78, 5) is 2.07. The van der Waals surface area contributed by atoms with E-state index in [1.807, 2.05) is 30.3 Å². The molecule has 0 fully saturated rings. The Morgan fingerprint density at radius 2 is 1.90 bits per heavy atom. The van der Waals surface area contributed by atoms with Crippen LogP contribution in [-0.4, -0.2) is 17.8 Å². The normalized spacial score (nSPS) is 12.2. The van der Waals surface area contributed by atoms with Gasteiger partial charge in [-0.15, -0.1) is 0 Å². The monoisotopic (exact) mass is 337 g/mol. The van der Waals surface area contributed by atoms with Crippen molar-refractivity contribution < 1.29 is 9.50 Å². The minimum absolute atomic E-state index is 0.262. The molecular formula is C16H17BrFNO. The van der Waals surface area contributed by atoms with Crippen molar-refractivity contribution in [2.75, 3.05) is 11.4 Å². The molecule has 20 heavy (non-hydrogen) atoms. The van der Waals surface area contributed by atoms with Gasteiger partial charge in [-0.2, -0.15) is 0 Å². The zero-order valence-corrected chi connectivity index (χ0v) is 12.8. The zero-order chi connectivity index (χ0) is 14.5. The standard InChI is InChI=1S/C16H17BrFNO/c1-12(20)10-19(15-5-3-2-4-6-15)11-13-7-8-14(18)9-16(13)17/h2-9,12,20H,10-11H2,1H3. The van der Waals surface area contributed by atoms with E-state index in [4.69, 9.17) is 0 Å². The number of hydrogen-bond acceptors (Lipinski definition) is 2. The van der Waals surface area contributed by atoms with Crippen LogP contribution in [0.5, 0.6) is 0 Å². The third kappa shape index (κ3) is 4.05. The summed E-state index contributed by atoms with van der Waals surface area (Å²) in [7, 11) is 0. The quantitative estimate of drug-likeness (QED) is 0.892. The Bertz CT molecular complexity index is 560. The molecule has 0 saturated heterocycles. The van der Waals surface area contributed by atoms with E-state index in [1.165, 1.54) is 12.1 Å². The average Bonchev–Trinajstić information content (AvgIpc) is 2.41. The van der Waals surface area contributed by atoms with Crippen molar-refractivity contribution in [3.8, 4) is 0 Å². The van der Waals surface area contributed by atoms with Crippen molar-refractivity contribution in [2.45, 2.75) is 19.6 Å². The van der Waals surface area contributed by atoms with Crippen LogP contribution in [0.3, 0.4) is 0 Å². The summed E-state index contributed by atoms with van der Waals surface area (Å²) in [5.41, 5.74) is 2.01. The third-order valence-electron chi connectivity index (χ3n) is 2.98. The molecule has 0 amide bonds. The van der Waals surface area contributed by atoms with Crippen LogP contribution in [0.25, 0.3) is 0 Å². The van der Waals surface area contributed by atoms with Crippen molar-refractivity contribution in [2.24, 2.45) is 0 Å². The third-order valence-corrected chi connectivity index (χ3v) is 3.72. The Balaban J connectivity index is 2.24.